The smallest absolute Gasteiger partial charge is 0.118 e. The zero-order valence-corrected chi connectivity index (χ0v) is 12.4. The van der Waals surface area contributed by atoms with Crippen molar-refractivity contribution in [1.29, 1.82) is 0 Å². The summed E-state index contributed by atoms with van der Waals surface area (Å²) in [6.45, 7) is 5.18. The molecule has 0 spiro atoms. The Labute approximate surface area is 120 Å². The van der Waals surface area contributed by atoms with E-state index in [0.717, 1.165) is 31.8 Å². The van der Waals surface area contributed by atoms with Crippen LogP contribution >= 0.6 is 0 Å². The number of fused-ring (bicyclic) bond motifs is 1. The molecule has 1 aromatic carbocycles. The van der Waals surface area contributed by atoms with Crippen LogP contribution < -0.4 is 4.74 Å². The van der Waals surface area contributed by atoms with Gasteiger partial charge >= 0.3 is 0 Å². The summed E-state index contributed by atoms with van der Waals surface area (Å²) in [5, 5.41) is 4.62. The molecule has 3 rings (SSSR count). The van der Waals surface area contributed by atoms with Crippen molar-refractivity contribution in [2.24, 2.45) is 7.05 Å². The van der Waals surface area contributed by atoms with E-state index >= 15 is 0 Å². The highest BCUT2D eigenvalue weighted by Crippen LogP contribution is 2.22. The van der Waals surface area contributed by atoms with Crippen LogP contribution in [0.2, 0.25) is 0 Å². The highest BCUT2D eigenvalue weighted by atomic mass is 16.5. The van der Waals surface area contributed by atoms with Crippen LogP contribution in [0.3, 0.4) is 0 Å². The predicted octanol–water partition coefficient (Wildman–Crippen LogP) is 2.30. The van der Waals surface area contributed by atoms with Gasteiger partial charge in [0.15, 0.2) is 0 Å². The van der Waals surface area contributed by atoms with E-state index in [-0.39, 0.29) is 0 Å². The number of hydrogen-bond donors (Lipinski definition) is 0. The maximum absolute atomic E-state index is 5.20. The van der Waals surface area contributed by atoms with Crippen LogP contribution in [0.25, 0.3) is 0 Å². The first kappa shape index (κ1) is 13.2. The number of methoxy groups -OCH3 is 1. The number of aromatic nitrogens is 2. The minimum absolute atomic E-state index is 0.912. The van der Waals surface area contributed by atoms with Gasteiger partial charge in [-0.05, 0) is 36.6 Å². The monoisotopic (exact) mass is 271 g/mol. The van der Waals surface area contributed by atoms with E-state index in [1.165, 1.54) is 22.5 Å². The molecule has 0 amide bonds. The van der Waals surface area contributed by atoms with Crippen LogP contribution in [-0.2, 0) is 26.6 Å². The Hall–Kier alpha value is -1.81. The second-order valence-electron chi connectivity index (χ2n) is 5.44. The van der Waals surface area contributed by atoms with E-state index in [2.05, 4.69) is 29.1 Å². The molecule has 0 saturated carbocycles. The molecule has 2 heterocycles. The lowest BCUT2D eigenvalue weighted by Crippen LogP contribution is -2.30. The number of aryl methyl sites for hydroxylation is 1. The fraction of sp³-hybridized carbons (Fsp3) is 0.438. The first-order valence-corrected chi connectivity index (χ1v) is 7.04. The summed E-state index contributed by atoms with van der Waals surface area (Å²) in [7, 11) is 3.73. The maximum atomic E-state index is 5.20. The standard InChI is InChI=1S/C16H21N3O/c1-12-15-8-9-19(11-16(15)17-18(12)2)10-13-4-6-14(20-3)7-5-13/h4-7H,8-11H2,1-3H3. The molecular formula is C16H21N3O. The third-order valence-electron chi connectivity index (χ3n) is 4.16. The normalized spacial score (nSPS) is 15.2. The summed E-state index contributed by atoms with van der Waals surface area (Å²) in [6.07, 6.45) is 1.10. The van der Waals surface area contributed by atoms with Crippen LogP contribution in [0.15, 0.2) is 24.3 Å². The molecule has 4 nitrogen and oxygen atoms in total. The van der Waals surface area contributed by atoms with Crippen LogP contribution in [0.1, 0.15) is 22.5 Å². The molecule has 0 aliphatic carbocycles. The van der Waals surface area contributed by atoms with Crippen LogP contribution in [0.5, 0.6) is 5.75 Å². The van der Waals surface area contributed by atoms with Crippen molar-refractivity contribution in [1.82, 2.24) is 14.7 Å². The molecule has 0 atom stereocenters. The van der Waals surface area contributed by atoms with Gasteiger partial charge in [0.05, 0.1) is 12.8 Å². The topological polar surface area (TPSA) is 30.3 Å². The summed E-state index contributed by atoms with van der Waals surface area (Å²) in [6, 6.07) is 8.32. The quantitative estimate of drug-likeness (QED) is 0.858. The average molecular weight is 271 g/mol. The number of ether oxygens (including phenoxy) is 1. The molecule has 0 saturated heterocycles. The van der Waals surface area contributed by atoms with Crippen LogP contribution in [0.4, 0.5) is 0 Å². The summed E-state index contributed by atoms with van der Waals surface area (Å²) in [5.41, 5.74) is 5.31. The highest BCUT2D eigenvalue weighted by Gasteiger charge is 2.21. The van der Waals surface area contributed by atoms with Gasteiger partial charge in [0.25, 0.3) is 0 Å². The van der Waals surface area contributed by atoms with Gasteiger partial charge in [-0.25, -0.2) is 0 Å². The van der Waals surface area contributed by atoms with Gasteiger partial charge in [0.1, 0.15) is 5.75 Å². The van der Waals surface area contributed by atoms with Gasteiger partial charge in [-0.15, -0.1) is 0 Å². The molecule has 4 heteroatoms. The molecule has 0 unspecified atom stereocenters. The Morgan fingerprint density at radius 3 is 2.70 bits per heavy atom. The third kappa shape index (κ3) is 2.43. The summed E-state index contributed by atoms with van der Waals surface area (Å²) in [4.78, 5) is 2.45. The van der Waals surface area contributed by atoms with E-state index in [1.54, 1.807) is 7.11 Å². The summed E-state index contributed by atoms with van der Waals surface area (Å²) < 4.78 is 7.20. The molecule has 20 heavy (non-hydrogen) atoms. The molecule has 1 aliphatic heterocycles. The van der Waals surface area contributed by atoms with E-state index in [1.807, 2.05) is 23.9 Å². The lowest BCUT2D eigenvalue weighted by molar-refractivity contribution is 0.242. The number of hydrogen-bond acceptors (Lipinski definition) is 3. The SMILES string of the molecule is COc1ccc(CN2CCc3c(nn(C)c3C)C2)cc1. The van der Waals surface area contributed by atoms with Gasteiger partial charge in [0.2, 0.25) is 0 Å². The molecular weight excluding hydrogens is 250 g/mol. The average Bonchev–Trinajstić information content (AvgIpc) is 2.74. The molecule has 0 N–H and O–H groups in total. The second kappa shape index (κ2) is 5.29. The lowest BCUT2D eigenvalue weighted by Gasteiger charge is -2.26. The molecule has 0 bridgehead atoms. The summed E-state index contributed by atoms with van der Waals surface area (Å²) >= 11 is 0. The minimum Gasteiger partial charge on any atom is -0.497 e. The van der Waals surface area contributed by atoms with Gasteiger partial charge in [0, 0.05) is 32.4 Å². The fourth-order valence-electron chi connectivity index (χ4n) is 2.86. The minimum atomic E-state index is 0.912. The van der Waals surface area contributed by atoms with Crippen molar-refractivity contribution in [3.8, 4) is 5.75 Å². The van der Waals surface area contributed by atoms with Gasteiger partial charge in [-0.3, -0.25) is 9.58 Å². The number of nitrogens with zero attached hydrogens (tertiary/aromatic N) is 3. The van der Waals surface area contributed by atoms with E-state index in [4.69, 9.17) is 4.74 Å². The molecule has 1 aliphatic rings. The zero-order chi connectivity index (χ0) is 14.1. The summed E-state index contributed by atoms with van der Waals surface area (Å²) in [5.74, 6) is 0.912. The first-order valence-electron chi connectivity index (χ1n) is 7.04. The van der Waals surface area contributed by atoms with Crippen molar-refractivity contribution in [2.45, 2.75) is 26.4 Å². The van der Waals surface area contributed by atoms with Crippen molar-refractivity contribution < 1.29 is 4.74 Å². The van der Waals surface area contributed by atoms with Crippen molar-refractivity contribution in [3.63, 3.8) is 0 Å². The molecule has 0 radical (unpaired) electrons. The van der Waals surface area contributed by atoms with Crippen molar-refractivity contribution >= 4 is 0 Å². The van der Waals surface area contributed by atoms with E-state index in [0.29, 0.717) is 0 Å². The van der Waals surface area contributed by atoms with E-state index in [9.17, 15) is 0 Å². The van der Waals surface area contributed by atoms with Gasteiger partial charge < -0.3 is 4.74 Å². The Morgan fingerprint density at radius 2 is 2.00 bits per heavy atom. The molecule has 0 fully saturated rings. The maximum Gasteiger partial charge on any atom is 0.118 e. The Balaban J connectivity index is 1.70. The third-order valence-corrected chi connectivity index (χ3v) is 4.16. The van der Waals surface area contributed by atoms with Crippen molar-refractivity contribution in [3.05, 3.63) is 46.8 Å². The van der Waals surface area contributed by atoms with Crippen LogP contribution in [0, 0.1) is 6.92 Å². The number of benzene rings is 1. The lowest BCUT2D eigenvalue weighted by atomic mass is 10.0. The fourth-order valence-corrected chi connectivity index (χ4v) is 2.86. The Morgan fingerprint density at radius 1 is 1.25 bits per heavy atom. The number of rotatable bonds is 3. The highest BCUT2D eigenvalue weighted by molar-refractivity contribution is 5.29. The van der Waals surface area contributed by atoms with E-state index < -0.39 is 0 Å². The van der Waals surface area contributed by atoms with Crippen molar-refractivity contribution in [2.75, 3.05) is 13.7 Å². The second-order valence-corrected chi connectivity index (χ2v) is 5.44. The predicted molar refractivity (Wildman–Crippen MR) is 78.8 cm³/mol. The molecule has 106 valence electrons. The van der Waals surface area contributed by atoms with Gasteiger partial charge in [-0.1, -0.05) is 12.1 Å². The first-order chi connectivity index (χ1) is 9.67. The molecule has 1 aromatic heterocycles. The van der Waals surface area contributed by atoms with Crippen LogP contribution in [-0.4, -0.2) is 28.3 Å². The molecule has 2 aromatic rings. The van der Waals surface area contributed by atoms with Gasteiger partial charge in [-0.2, -0.15) is 5.10 Å². The zero-order valence-electron chi connectivity index (χ0n) is 12.4. The Kier molecular flexibility index (Phi) is 3.49. The largest absolute Gasteiger partial charge is 0.497 e. The Bertz CT molecular complexity index is 601.